The van der Waals surface area contributed by atoms with Crippen molar-refractivity contribution in [2.45, 2.75) is 64.6 Å². The maximum absolute atomic E-state index is 13.5. The summed E-state index contributed by atoms with van der Waals surface area (Å²) in [5.74, 6) is 0.408. The predicted octanol–water partition coefficient (Wildman–Crippen LogP) is 4.47. The maximum Gasteiger partial charge on any atom is 0.281 e. The molecule has 3 N–H and O–H groups in total. The van der Waals surface area contributed by atoms with Crippen LogP contribution in [-0.2, 0) is 14.8 Å². The number of anilines is 2. The Morgan fingerprint density at radius 3 is 2.59 bits per heavy atom. The van der Waals surface area contributed by atoms with Crippen LogP contribution in [0.4, 0.5) is 11.6 Å². The van der Waals surface area contributed by atoms with E-state index < -0.39 is 15.9 Å². The third-order valence-electron chi connectivity index (χ3n) is 6.71. The number of nitrogens with two attached hydrogens (primary N) is 1. The van der Waals surface area contributed by atoms with Crippen molar-refractivity contribution in [1.29, 1.82) is 0 Å². The average Bonchev–Trinajstić information content (AvgIpc) is 3.17. The first-order valence-electron chi connectivity index (χ1n) is 13.6. The summed E-state index contributed by atoms with van der Waals surface area (Å²) in [6.45, 7) is 13.5. The van der Waals surface area contributed by atoms with Crippen molar-refractivity contribution in [3.8, 4) is 17.1 Å². The summed E-state index contributed by atoms with van der Waals surface area (Å²) < 4.78 is 39.5. The Hall–Kier alpha value is -3.77. The Morgan fingerprint density at radius 1 is 1.17 bits per heavy atom. The van der Waals surface area contributed by atoms with Crippen LogP contribution >= 0.6 is 0 Å². The summed E-state index contributed by atoms with van der Waals surface area (Å²) in [6, 6.07) is 11.2. The monoisotopic (exact) mass is 586 g/mol. The van der Waals surface area contributed by atoms with Gasteiger partial charge in [-0.15, -0.1) is 0 Å². The lowest BCUT2D eigenvalue weighted by Gasteiger charge is -2.34. The second-order valence-electron chi connectivity index (χ2n) is 11.2. The molecule has 41 heavy (non-hydrogen) atoms. The Balaban J connectivity index is 0.00000323. The van der Waals surface area contributed by atoms with Gasteiger partial charge in [0.25, 0.3) is 15.9 Å². The standard InChI is InChI=1S/C29H38N6O5S.2H2/c1-18(2)39-12-13-40-25-15-21(14-20(4)31-25)23-11-10-22(27(32-23)35-17-19(3)16-29(35,5)6)28(36)34-41(37,38)26-9-7-8-24(30)33-26;;/h7-11,14-15,18-19H,12-13,16-17H2,1-6H3,(H2,30,33)(H,34,36);2*1H/t19-;;/m0../s1. The number of rotatable bonds is 10. The van der Waals surface area contributed by atoms with E-state index in [4.69, 9.17) is 20.2 Å². The van der Waals surface area contributed by atoms with E-state index in [1.54, 1.807) is 18.2 Å². The highest BCUT2D eigenvalue weighted by atomic mass is 32.2. The van der Waals surface area contributed by atoms with Gasteiger partial charge in [-0.05, 0) is 77.3 Å². The molecule has 0 unspecified atom stereocenters. The second-order valence-corrected chi connectivity index (χ2v) is 12.9. The van der Waals surface area contributed by atoms with Gasteiger partial charge in [0, 0.05) is 32.3 Å². The van der Waals surface area contributed by atoms with Crippen LogP contribution in [0.5, 0.6) is 5.88 Å². The van der Waals surface area contributed by atoms with Crippen LogP contribution in [0.15, 0.2) is 47.5 Å². The molecule has 0 aliphatic carbocycles. The number of carbonyl (C=O) groups excluding carboxylic acids is 1. The quantitative estimate of drug-likeness (QED) is 0.326. The van der Waals surface area contributed by atoms with Crippen LogP contribution < -0.4 is 20.1 Å². The van der Waals surface area contributed by atoms with Gasteiger partial charge in [-0.3, -0.25) is 4.79 Å². The van der Waals surface area contributed by atoms with Gasteiger partial charge in [-0.1, -0.05) is 13.0 Å². The van der Waals surface area contributed by atoms with Crippen molar-refractivity contribution >= 4 is 27.6 Å². The highest BCUT2D eigenvalue weighted by molar-refractivity contribution is 7.90. The molecule has 12 heteroatoms. The number of ether oxygens (including phenoxy) is 2. The maximum atomic E-state index is 13.5. The van der Waals surface area contributed by atoms with E-state index in [1.165, 1.54) is 18.2 Å². The van der Waals surface area contributed by atoms with E-state index in [1.807, 2.05) is 26.8 Å². The van der Waals surface area contributed by atoms with Gasteiger partial charge in [-0.25, -0.2) is 19.7 Å². The second kappa shape index (κ2) is 12.0. The van der Waals surface area contributed by atoms with Gasteiger partial charge in [0.15, 0.2) is 5.03 Å². The number of carbonyl (C=O) groups is 1. The molecule has 3 aromatic rings. The number of aromatic nitrogens is 3. The molecule has 4 rings (SSSR count). The van der Waals surface area contributed by atoms with Gasteiger partial charge in [0.2, 0.25) is 5.88 Å². The third kappa shape index (κ3) is 7.31. The molecule has 3 aromatic heterocycles. The van der Waals surface area contributed by atoms with Crippen molar-refractivity contribution < 1.29 is 25.5 Å². The molecule has 1 amide bonds. The molecule has 4 heterocycles. The first kappa shape index (κ1) is 30.2. The Morgan fingerprint density at radius 2 is 1.93 bits per heavy atom. The minimum absolute atomic E-state index is 0. The lowest BCUT2D eigenvalue weighted by atomic mass is 9.97. The minimum atomic E-state index is -4.27. The zero-order chi connectivity index (χ0) is 29.9. The van der Waals surface area contributed by atoms with E-state index in [2.05, 4.69) is 40.4 Å². The van der Waals surface area contributed by atoms with Crippen LogP contribution in [0, 0.1) is 12.8 Å². The van der Waals surface area contributed by atoms with Gasteiger partial charge in [0.1, 0.15) is 18.2 Å². The number of aryl methyl sites for hydroxylation is 1. The smallest absolute Gasteiger partial charge is 0.281 e. The van der Waals surface area contributed by atoms with Crippen LogP contribution in [-0.4, -0.2) is 60.7 Å². The molecule has 1 fully saturated rings. The molecule has 1 aliphatic heterocycles. The Kier molecular flexibility index (Phi) is 8.83. The van der Waals surface area contributed by atoms with Gasteiger partial charge in [-0.2, -0.15) is 8.42 Å². The molecule has 1 saturated heterocycles. The predicted molar refractivity (Wildman–Crippen MR) is 162 cm³/mol. The SMILES string of the molecule is Cc1cc(-c2ccc(C(=O)NS(=O)(=O)c3cccc(N)n3)c(N3C[C@@H](C)CC3(C)C)n2)cc(OCCOC(C)C)n1.[HH].[HH]. The molecule has 0 radical (unpaired) electrons. The highest BCUT2D eigenvalue weighted by Gasteiger charge is 2.39. The highest BCUT2D eigenvalue weighted by Crippen LogP contribution is 2.38. The third-order valence-corrected chi connectivity index (χ3v) is 7.94. The molecular formula is C29H42N6O5S. The fourth-order valence-electron chi connectivity index (χ4n) is 5.05. The van der Waals surface area contributed by atoms with Gasteiger partial charge >= 0.3 is 0 Å². The van der Waals surface area contributed by atoms with Crippen molar-refractivity contribution in [2.75, 3.05) is 30.4 Å². The normalized spacial score (nSPS) is 16.7. The number of nitrogen functional groups attached to an aromatic ring is 1. The van der Waals surface area contributed by atoms with Crippen molar-refractivity contribution in [1.82, 2.24) is 19.7 Å². The number of pyridine rings is 3. The van der Waals surface area contributed by atoms with Crippen LogP contribution in [0.25, 0.3) is 11.3 Å². The van der Waals surface area contributed by atoms with Crippen LogP contribution in [0.2, 0.25) is 0 Å². The molecule has 0 saturated carbocycles. The lowest BCUT2D eigenvalue weighted by molar-refractivity contribution is 0.0542. The van der Waals surface area contributed by atoms with Crippen molar-refractivity contribution in [3.63, 3.8) is 0 Å². The fraction of sp³-hybridized carbons (Fsp3) is 0.448. The van der Waals surface area contributed by atoms with E-state index in [-0.39, 0.29) is 30.9 Å². The first-order valence-corrected chi connectivity index (χ1v) is 15.1. The number of sulfonamides is 1. The molecule has 0 bridgehead atoms. The number of amides is 1. The Labute approximate surface area is 244 Å². The van der Waals surface area contributed by atoms with Crippen LogP contribution in [0.3, 0.4) is 0 Å². The topological polar surface area (TPSA) is 150 Å². The zero-order valence-corrected chi connectivity index (χ0v) is 25.2. The summed E-state index contributed by atoms with van der Waals surface area (Å²) in [6.07, 6.45) is 0.989. The van der Waals surface area contributed by atoms with E-state index >= 15 is 0 Å². The Bertz CT molecular complexity index is 1540. The van der Waals surface area contributed by atoms with Gasteiger partial charge < -0.3 is 20.1 Å². The summed E-state index contributed by atoms with van der Waals surface area (Å²) in [5.41, 5.74) is 7.58. The molecule has 1 aliphatic rings. The summed E-state index contributed by atoms with van der Waals surface area (Å²) >= 11 is 0. The number of nitrogens with one attached hydrogen (secondary N) is 1. The van der Waals surface area contributed by atoms with Crippen molar-refractivity contribution in [3.05, 3.63) is 53.7 Å². The summed E-state index contributed by atoms with van der Waals surface area (Å²) in [4.78, 5) is 28.8. The number of hydrogen-bond donors (Lipinski definition) is 2. The molecule has 1 atom stereocenters. The minimum Gasteiger partial charge on any atom is -0.475 e. The van der Waals surface area contributed by atoms with E-state index in [9.17, 15) is 13.2 Å². The van der Waals surface area contributed by atoms with Gasteiger partial charge in [0.05, 0.1) is 24.0 Å². The van der Waals surface area contributed by atoms with E-state index in [0.29, 0.717) is 43.1 Å². The fourth-order valence-corrected chi connectivity index (χ4v) is 5.99. The largest absolute Gasteiger partial charge is 0.475 e. The molecule has 0 aromatic carbocycles. The first-order chi connectivity index (χ1) is 19.2. The van der Waals surface area contributed by atoms with E-state index in [0.717, 1.165) is 17.7 Å². The summed E-state index contributed by atoms with van der Waals surface area (Å²) in [5, 5.41) is -0.342. The summed E-state index contributed by atoms with van der Waals surface area (Å²) in [7, 11) is -4.27. The van der Waals surface area contributed by atoms with Crippen LogP contribution in [0.1, 0.15) is 59.9 Å². The number of nitrogens with zero attached hydrogens (tertiary/aromatic N) is 4. The zero-order valence-electron chi connectivity index (χ0n) is 24.3. The molecular weight excluding hydrogens is 544 g/mol. The lowest BCUT2D eigenvalue weighted by Crippen LogP contribution is -2.41. The molecule has 224 valence electrons. The molecule has 0 spiro atoms. The molecule has 11 nitrogen and oxygen atoms in total. The average molecular weight is 587 g/mol. The number of hydrogen-bond acceptors (Lipinski definition) is 10. The van der Waals surface area contributed by atoms with Crippen molar-refractivity contribution in [2.24, 2.45) is 5.92 Å².